The molecule has 1 aromatic heterocycles. The molecule has 90 valence electrons. The minimum absolute atomic E-state index is 0.290. The third-order valence-electron chi connectivity index (χ3n) is 1.95. The van der Waals surface area contributed by atoms with E-state index in [1.54, 1.807) is 33.8 Å². The highest BCUT2D eigenvalue weighted by molar-refractivity contribution is 5.86. The summed E-state index contributed by atoms with van der Waals surface area (Å²) in [7, 11) is 0. The van der Waals surface area contributed by atoms with E-state index < -0.39 is 11.7 Å². The summed E-state index contributed by atoms with van der Waals surface area (Å²) in [5.41, 5.74) is 0.897. The number of amides is 1. The Morgan fingerprint density at radius 1 is 1.53 bits per heavy atom. The van der Waals surface area contributed by atoms with E-state index in [4.69, 9.17) is 10.00 Å². The second-order valence-electron chi connectivity index (χ2n) is 4.57. The van der Waals surface area contributed by atoms with Crippen LogP contribution in [0.15, 0.2) is 12.3 Å². The van der Waals surface area contributed by atoms with Crippen LogP contribution in [-0.4, -0.2) is 16.7 Å². The van der Waals surface area contributed by atoms with Gasteiger partial charge in [0.2, 0.25) is 0 Å². The van der Waals surface area contributed by atoms with Gasteiger partial charge in [-0.05, 0) is 33.8 Å². The molecule has 0 fully saturated rings. The SMILES string of the molecule is Cc1c(NC(=O)OC(C)(C)C)ccnc1C#N. The van der Waals surface area contributed by atoms with Crippen LogP contribution in [0.25, 0.3) is 0 Å². The van der Waals surface area contributed by atoms with Gasteiger partial charge in [-0.25, -0.2) is 9.78 Å². The molecule has 5 heteroatoms. The highest BCUT2D eigenvalue weighted by Gasteiger charge is 2.17. The van der Waals surface area contributed by atoms with Gasteiger partial charge in [0.15, 0.2) is 0 Å². The van der Waals surface area contributed by atoms with Crippen molar-refractivity contribution in [1.29, 1.82) is 5.26 Å². The number of nitrogens with zero attached hydrogens (tertiary/aromatic N) is 2. The molecule has 0 bridgehead atoms. The van der Waals surface area contributed by atoms with Gasteiger partial charge in [0.05, 0.1) is 5.69 Å². The molecule has 0 spiro atoms. The van der Waals surface area contributed by atoms with Gasteiger partial charge in [-0.15, -0.1) is 0 Å². The molecule has 0 unspecified atom stereocenters. The van der Waals surface area contributed by atoms with Crippen LogP contribution in [0.4, 0.5) is 10.5 Å². The molecule has 0 aliphatic heterocycles. The van der Waals surface area contributed by atoms with Crippen molar-refractivity contribution in [2.24, 2.45) is 0 Å². The van der Waals surface area contributed by atoms with E-state index >= 15 is 0 Å². The Bertz CT molecular complexity index is 470. The molecule has 5 nitrogen and oxygen atoms in total. The molecule has 0 aliphatic rings. The zero-order valence-corrected chi connectivity index (χ0v) is 10.4. The number of hydrogen-bond acceptors (Lipinski definition) is 4. The van der Waals surface area contributed by atoms with Crippen molar-refractivity contribution >= 4 is 11.8 Å². The molecule has 0 atom stereocenters. The zero-order chi connectivity index (χ0) is 13.1. The molecule has 1 rings (SSSR count). The lowest BCUT2D eigenvalue weighted by Gasteiger charge is -2.20. The van der Waals surface area contributed by atoms with Crippen molar-refractivity contribution in [3.63, 3.8) is 0 Å². The molecule has 1 heterocycles. The van der Waals surface area contributed by atoms with Gasteiger partial charge in [-0.1, -0.05) is 0 Å². The summed E-state index contributed by atoms with van der Waals surface area (Å²) < 4.78 is 5.12. The highest BCUT2D eigenvalue weighted by atomic mass is 16.6. The van der Waals surface area contributed by atoms with Crippen LogP contribution in [0.5, 0.6) is 0 Å². The quantitative estimate of drug-likeness (QED) is 0.809. The van der Waals surface area contributed by atoms with Crippen LogP contribution >= 0.6 is 0 Å². The van der Waals surface area contributed by atoms with Crippen LogP contribution in [-0.2, 0) is 4.74 Å². The Kier molecular flexibility index (Phi) is 3.69. The van der Waals surface area contributed by atoms with Crippen LogP contribution in [0.2, 0.25) is 0 Å². The lowest BCUT2D eigenvalue weighted by Crippen LogP contribution is -2.27. The molecule has 1 amide bonds. The Morgan fingerprint density at radius 2 is 2.18 bits per heavy atom. The number of nitrogens with one attached hydrogen (secondary N) is 1. The van der Waals surface area contributed by atoms with E-state index in [0.29, 0.717) is 16.9 Å². The summed E-state index contributed by atoms with van der Waals surface area (Å²) in [5.74, 6) is 0. The normalized spacial score (nSPS) is 10.5. The first-order chi connectivity index (χ1) is 7.83. The summed E-state index contributed by atoms with van der Waals surface area (Å²) >= 11 is 0. The van der Waals surface area contributed by atoms with Crippen molar-refractivity contribution in [3.8, 4) is 6.07 Å². The number of aromatic nitrogens is 1. The van der Waals surface area contributed by atoms with E-state index in [-0.39, 0.29) is 0 Å². The van der Waals surface area contributed by atoms with Crippen molar-refractivity contribution in [2.75, 3.05) is 5.32 Å². The largest absolute Gasteiger partial charge is 0.444 e. The average molecular weight is 233 g/mol. The highest BCUT2D eigenvalue weighted by Crippen LogP contribution is 2.17. The Labute approximate surface area is 100 Å². The van der Waals surface area contributed by atoms with Crippen LogP contribution in [0.3, 0.4) is 0 Å². The molecule has 1 N–H and O–H groups in total. The minimum atomic E-state index is -0.553. The van der Waals surface area contributed by atoms with Crippen molar-refractivity contribution in [2.45, 2.75) is 33.3 Å². The van der Waals surface area contributed by atoms with Gasteiger partial charge < -0.3 is 4.74 Å². The van der Waals surface area contributed by atoms with Gasteiger partial charge in [-0.3, -0.25) is 5.32 Å². The number of hydrogen-bond donors (Lipinski definition) is 1. The van der Waals surface area contributed by atoms with Crippen LogP contribution in [0.1, 0.15) is 32.0 Å². The first-order valence-corrected chi connectivity index (χ1v) is 5.19. The summed E-state index contributed by atoms with van der Waals surface area (Å²) in [6.07, 6.45) is 0.925. The van der Waals surface area contributed by atoms with E-state index in [9.17, 15) is 4.79 Å². The van der Waals surface area contributed by atoms with Gasteiger partial charge in [0.25, 0.3) is 0 Å². The topological polar surface area (TPSA) is 75.0 Å². The molecule has 1 aromatic rings. The van der Waals surface area contributed by atoms with E-state index in [2.05, 4.69) is 10.3 Å². The number of anilines is 1. The maximum Gasteiger partial charge on any atom is 0.412 e. The fourth-order valence-electron chi connectivity index (χ4n) is 1.20. The van der Waals surface area contributed by atoms with E-state index in [1.165, 1.54) is 6.20 Å². The van der Waals surface area contributed by atoms with Gasteiger partial charge in [0, 0.05) is 11.8 Å². The number of ether oxygens (including phenoxy) is 1. The average Bonchev–Trinajstić information content (AvgIpc) is 2.18. The zero-order valence-electron chi connectivity index (χ0n) is 10.4. The molecule has 17 heavy (non-hydrogen) atoms. The van der Waals surface area contributed by atoms with Crippen molar-refractivity contribution in [3.05, 3.63) is 23.5 Å². The van der Waals surface area contributed by atoms with Gasteiger partial charge in [0.1, 0.15) is 17.4 Å². The summed E-state index contributed by atoms with van der Waals surface area (Å²) in [6.45, 7) is 7.07. The number of carbonyl (C=O) groups is 1. The summed E-state index contributed by atoms with van der Waals surface area (Å²) in [6, 6.07) is 3.58. The first-order valence-electron chi connectivity index (χ1n) is 5.19. The summed E-state index contributed by atoms with van der Waals surface area (Å²) in [5, 5.41) is 11.4. The lowest BCUT2D eigenvalue weighted by molar-refractivity contribution is 0.0636. The lowest BCUT2D eigenvalue weighted by atomic mass is 10.2. The summed E-state index contributed by atoms with van der Waals surface area (Å²) in [4.78, 5) is 15.4. The molecule has 0 saturated carbocycles. The molecular formula is C12H15N3O2. The number of nitriles is 1. The monoisotopic (exact) mass is 233 g/mol. The van der Waals surface area contributed by atoms with Gasteiger partial charge in [-0.2, -0.15) is 5.26 Å². The predicted octanol–water partition coefficient (Wildman–Crippen LogP) is 2.61. The molecular weight excluding hydrogens is 218 g/mol. The molecule has 0 radical (unpaired) electrons. The second kappa shape index (κ2) is 4.83. The van der Waals surface area contributed by atoms with Crippen LogP contribution < -0.4 is 5.32 Å². The van der Waals surface area contributed by atoms with E-state index in [0.717, 1.165) is 0 Å². The number of carbonyl (C=O) groups excluding carboxylic acids is 1. The predicted molar refractivity (Wildman–Crippen MR) is 63.5 cm³/mol. The Balaban J connectivity index is 2.83. The van der Waals surface area contributed by atoms with E-state index in [1.807, 2.05) is 6.07 Å². The van der Waals surface area contributed by atoms with Crippen LogP contribution in [0, 0.1) is 18.3 Å². The number of rotatable bonds is 1. The maximum atomic E-state index is 11.5. The Morgan fingerprint density at radius 3 is 2.71 bits per heavy atom. The maximum absolute atomic E-state index is 11.5. The molecule has 0 saturated heterocycles. The van der Waals surface area contributed by atoms with Crippen molar-refractivity contribution in [1.82, 2.24) is 4.98 Å². The first kappa shape index (κ1) is 13.0. The van der Waals surface area contributed by atoms with Crippen molar-refractivity contribution < 1.29 is 9.53 Å². The molecule has 0 aliphatic carbocycles. The number of pyridine rings is 1. The Hall–Kier alpha value is -2.09. The second-order valence-corrected chi connectivity index (χ2v) is 4.57. The third-order valence-corrected chi connectivity index (χ3v) is 1.95. The van der Waals surface area contributed by atoms with Gasteiger partial charge >= 0.3 is 6.09 Å². The minimum Gasteiger partial charge on any atom is -0.444 e. The molecule has 0 aromatic carbocycles. The smallest absolute Gasteiger partial charge is 0.412 e. The fourth-order valence-corrected chi connectivity index (χ4v) is 1.20. The third kappa shape index (κ3) is 3.76. The fraction of sp³-hybridized carbons (Fsp3) is 0.417. The standard InChI is InChI=1S/C12H15N3O2/c1-8-9(5-6-14-10(8)7-13)15-11(16)17-12(2,3)4/h5-6H,1-4H3,(H,14,15,16).